The molecule has 2 saturated heterocycles. The summed E-state index contributed by atoms with van der Waals surface area (Å²) in [5, 5.41) is 6.28. The van der Waals surface area contributed by atoms with Gasteiger partial charge in [-0.1, -0.05) is 6.92 Å². The Morgan fingerprint density at radius 1 is 1.56 bits per heavy atom. The number of hydrogen-bond donors (Lipinski definition) is 2. The minimum absolute atomic E-state index is 0.0774. The average molecular weight is 255 g/mol. The van der Waals surface area contributed by atoms with Gasteiger partial charge in [-0.2, -0.15) is 0 Å². The van der Waals surface area contributed by atoms with Crippen LogP contribution in [0.25, 0.3) is 0 Å². The third-order valence-electron chi connectivity index (χ3n) is 4.16. The summed E-state index contributed by atoms with van der Waals surface area (Å²) in [6.07, 6.45) is 3.42. The summed E-state index contributed by atoms with van der Waals surface area (Å²) in [7, 11) is 1.70. The molecule has 0 aromatic carbocycles. The molecule has 0 aromatic rings. The van der Waals surface area contributed by atoms with Crippen molar-refractivity contribution in [3.63, 3.8) is 0 Å². The molecule has 2 heterocycles. The minimum atomic E-state index is -0.0774. The molecule has 18 heavy (non-hydrogen) atoms. The molecule has 1 amide bonds. The number of likely N-dealkylation sites (N-methyl/N-ethyl adjacent to an activating group) is 1. The quantitative estimate of drug-likeness (QED) is 0.724. The number of methoxy groups -OCH3 is 1. The van der Waals surface area contributed by atoms with Crippen molar-refractivity contribution < 1.29 is 9.53 Å². The highest BCUT2D eigenvalue weighted by atomic mass is 16.5. The van der Waals surface area contributed by atoms with Crippen LogP contribution >= 0.6 is 0 Å². The summed E-state index contributed by atoms with van der Waals surface area (Å²) >= 11 is 0. The highest BCUT2D eigenvalue weighted by Crippen LogP contribution is 2.16. The molecule has 2 fully saturated rings. The first-order valence-electron chi connectivity index (χ1n) is 7.02. The third kappa shape index (κ3) is 3.22. The zero-order chi connectivity index (χ0) is 13.0. The zero-order valence-corrected chi connectivity index (χ0v) is 11.4. The first-order valence-corrected chi connectivity index (χ1v) is 7.02. The molecule has 2 rings (SSSR count). The van der Waals surface area contributed by atoms with E-state index in [1.54, 1.807) is 7.11 Å². The van der Waals surface area contributed by atoms with Crippen LogP contribution in [-0.4, -0.2) is 62.3 Å². The fourth-order valence-electron chi connectivity index (χ4n) is 2.97. The van der Waals surface area contributed by atoms with Gasteiger partial charge in [-0.05, 0) is 32.4 Å². The van der Waals surface area contributed by atoms with E-state index in [0.29, 0.717) is 6.04 Å². The predicted molar refractivity (Wildman–Crippen MR) is 70.5 cm³/mol. The van der Waals surface area contributed by atoms with Gasteiger partial charge in [0.25, 0.3) is 0 Å². The van der Waals surface area contributed by atoms with Crippen LogP contribution in [0, 0.1) is 0 Å². The summed E-state index contributed by atoms with van der Waals surface area (Å²) < 4.78 is 5.25. The van der Waals surface area contributed by atoms with E-state index in [2.05, 4.69) is 22.5 Å². The maximum atomic E-state index is 12.0. The number of rotatable bonds is 5. The van der Waals surface area contributed by atoms with Crippen LogP contribution in [0.3, 0.4) is 0 Å². The Morgan fingerprint density at radius 2 is 2.39 bits per heavy atom. The van der Waals surface area contributed by atoms with E-state index in [4.69, 9.17) is 4.74 Å². The van der Waals surface area contributed by atoms with Crippen LogP contribution in [0.5, 0.6) is 0 Å². The van der Waals surface area contributed by atoms with Crippen molar-refractivity contribution in [1.29, 1.82) is 0 Å². The Bertz CT molecular complexity index is 285. The average Bonchev–Trinajstić information content (AvgIpc) is 3.04. The van der Waals surface area contributed by atoms with Gasteiger partial charge in [0, 0.05) is 26.2 Å². The lowest BCUT2D eigenvalue weighted by molar-refractivity contribution is -0.123. The number of nitrogens with one attached hydrogen (secondary N) is 2. The van der Waals surface area contributed by atoms with Gasteiger partial charge >= 0.3 is 0 Å². The van der Waals surface area contributed by atoms with Crippen molar-refractivity contribution in [3.05, 3.63) is 0 Å². The van der Waals surface area contributed by atoms with Crippen LogP contribution in [0.2, 0.25) is 0 Å². The van der Waals surface area contributed by atoms with Crippen molar-refractivity contribution in [2.24, 2.45) is 0 Å². The van der Waals surface area contributed by atoms with Crippen LogP contribution < -0.4 is 10.6 Å². The molecule has 3 unspecified atom stereocenters. The lowest BCUT2D eigenvalue weighted by Gasteiger charge is -2.23. The highest BCUT2D eigenvalue weighted by molar-refractivity contribution is 5.82. The smallest absolute Gasteiger partial charge is 0.237 e. The maximum absolute atomic E-state index is 12.0. The lowest BCUT2D eigenvalue weighted by Crippen LogP contribution is -2.46. The molecular weight excluding hydrogens is 230 g/mol. The molecule has 104 valence electrons. The molecule has 0 aliphatic carbocycles. The number of ether oxygens (including phenoxy) is 1. The summed E-state index contributed by atoms with van der Waals surface area (Å²) in [6.45, 7) is 5.99. The minimum Gasteiger partial charge on any atom is -0.380 e. The topological polar surface area (TPSA) is 53.6 Å². The maximum Gasteiger partial charge on any atom is 0.237 e. The standard InChI is InChI=1S/C13H25N3O2/c1-3-16-6-4-5-10(16)8-15-13(17)12-7-11(18-2)9-14-12/h10-12,14H,3-9H2,1-2H3,(H,15,17). The van der Waals surface area contributed by atoms with Gasteiger partial charge in [0.05, 0.1) is 12.1 Å². The van der Waals surface area contributed by atoms with E-state index in [0.717, 1.165) is 26.1 Å². The number of likely N-dealkylation sites (tertiary alicyclic amines) is 1. The molecule has 2 aliphatic heterocycles. The second kappa shape index (κ2) is 6.50. The van der Waals surface area contributed by atoms with Gasteiger partial charge < -0.3 is 15.4 Å². The van der Waals surface area contributed by atoms with E-state index in [1.165, 1.54) is 19.4 Å². The molecule has 0 spiro atoms. The summed E-state index contributed by atoms with van der Waals surface area (Å²) in [4.78, 5) is 14.5. The van der Waals surface area contributed by atoms with Crippen LogP contribution in [-0.2, 0) is 9.53 Å². The Balaban J connectivity index is 1.72. The molecule has 2 aliphatic rings. The van der Waals surface area contributed by atoms with Crippen LogP contribution in [0.1, 0.15) is 26.2 Å². The molecule has 0 saturated carbocycles. The number of carbonyl (C=O) groups is 1. The Hall–Kier alpha value is -0.650. The van der Waals surface area contributed by atoms with Gasteiger partial charge in [-0.25, -0.2) is 0 Å². The molecule has 5 heteroatoms. The van der Waals surface area contributed by atoms with E-state index in [9.17, 15) is 4.79 Å². The summed E-state index contributed by atoms with van der Waals surface area (Å²) in [5.74, 6) is 0.123. The Morgan fingerprint density at radius 3 is 3.06 bits per heavy atom. The van der Waals surface area contributed by atoms with E-state index >= 15 is 0 Å². The van der Waals surface area contributed by atoms with Crippen LogP contribution in [0.15, 0.2) is 0 Å². The van der Waals surface area contributed by atoms with Gasteiger partial charge in [0.15, 0.2) is 0 Å². The number of carbonyl (C=O) groups excluding carboxylic acids is 1. The van der Waals surface area contributed by atoms with Gasteiger partial charge in [0.2, 0.25) is 5.91 Å². The highest BCUT2D eigenvalue weighted by Gasteiger charge is 2.30. The normalized spacial score (nSPS) is 32.9. The molecule has 0 radical (unpaired) electrons. The largest absolute Gasteiger partial charge is 0.380 e. The SMILES string of the molecule is CCN1CCCC1CNC(=O)C1CC(OC)CN1. The summed E-state index contributed by atoms with van der Waals surface area (Å²) in [6, 6.07) is 0.449. The fraction of sp³-hybridized carbons (Fsp3) is 0.923. The predicted octanol–water partition coefficient (Wildman–Crippen LogP) is -0.0362. The molecular formula is C13H25N3O2. The Kier molecular flexibility index (Phi) is 4.97. The van der Waals surface area contributed by atoms with Crippen molar-refractivity contribution >= 4 is 5.91 Å². The molecule has 3 atom stereocenters. The fourth-order valence-corrected chi connectivity index (χ4v) is 2.97. The van der Waals surface area contributed by atoms with Crippen molar-refractivity contribution in [2.45, 2.75) is 44.4 Å². The zero-order valence-electron chi connectivity index (χ0n) is 11.4. The van der Waals surface area contributed by atoms with Gasteiger partial charge in [-0.15, -0.1) is 0 Å². The van der Waals surface area contributed by atoms with E-state index in [-0.39, 0.29) is 18.1 Å². The van der Waals surface area contributed by atoms with Crippen molar-refractivity contribution in [2.75, 3.05) is 33.3 Å². The Labute approximate surface area is 109 Å². The lowest BCUT2D eigenvalue weighted by atomic mass is 10.1. The molecule has 0 aromatic heterocycles. The van der Waals surface area contributed by atoms with Gasteiger partial charge in [-0.3, -0.25) is 9.69 Å². The molecule has 5 nitrogen and oxygen atoms in total. The molecule has 0 bridgehead atoms. The van der Waals surface area contributed by atoms with Crippen LogP contribution in [0.4, 0.5) is 0 Å². The van der Waals surface area contributed by atoms with Crippen molar-refractivity contribution in [1.82, 2.24) is 15.5 Å². The molecule has 2 N–H and O–H groups in total. The van der Waals surface area contributed by atoms with E-state index in [1.807, 2.05) is 0 Å². The number of hydrogen-bond acceptors (Lipinski definition) is 4. The first kappa shape index (κ1) is 13.8. The second-order valence-electron chi connectivity index (χ2n) is 5.22. The summed E-state index contributed by atoms with van der Waals surface area (Å²) in [5.41, 5.74) is 0. The monoisotopic (exact) mass is 255 g/mol. The van der Waals surface area contributed by atoms with E-state index < -0.39 is 0 Å². The second-order valence-corrected chi connectivity index (χ2v) is 5.22. The number of nitrogens with zero attached hydrogens (tertiary/aromatic N) is 1. The number of amides is 1. The third-order valence-corrected chi connectivity index (χ3v) is 4.16. The first-order chi connectivity index (χ1) is 8.74. The van der Waals surface area contributed by atoms with Crippen molar-refractivity contribution in [3.8, 4) is 0 Å². The van der Waals surface area contributed by atoms with Gasteiger partial charge in [0.1, 0.15) is 0 Å².